The fourth-order valence-corrected chi connectivity index (χ4v) is 14.3. The van der Waals surface area contributed by atoms with Crippen LogP contribution >= 0.6 is 0 Å². The lowest BCUT2D eigenvalue weighted by molar-refractivity contribution is -0.302. The highest BCUT2D eigenvalue weighted by atomic mass is 16.7. The molecule has 0 aromatic carbocycles. The highest BCUT2D eigenvalue weighted by molar-refractivity contribution is 5.76. The quantitative estimate of drug-likeness (QED) is 0.0261. The lowest BCUT2D eigenvalue weighted by Gasteiger charge is -2.40. The molecule has 1 heterocycles. The maximum absolute atomic E-state index is 13.2. The SMILES string of the molecule is CCCCCCCCCCCCCCCCCCCCCCCCCCCCCCC/C=C/C(O)C(COC1OC(CO)C(O)C(O)C1O)NC(=O)CCCCCCCCCCCCCCCCCCCCCCCCCCCCCCCCCCCCCCCCC. The number of aliphatic hydroxyl groups excluding tert-OH is 5. The highest BCUT2D eigenvalue weighted by Crippen LogP contribution is 2.24. The first-order chi connectivity index (χ1) is 45.8. The van der Waals surface area contributed by atoms with E-state index in [4.69, 9.17) is 9.47 Å². The van der Waals surface area contributed by atoms with Gasteiger partial charge in [-0.15, -0.1) is 0 Å². The van der Waals surface area contributed by atoms with Crippen molar-refractivity contribution < 1.29 is 39.8 Å². The average Bonchev–Trinajstić information content (AvgIpc) is 0.967. The van der Waals surface area contributed by atoms with Crippen LogP contribution in [0.5, 0.6) is 0 Å². The zero-order chi connectivity index (χ0) is 67.1. The predicted molar refractivity (Wildman–Crippen MR) is 401 cm³/mol. The number of hydrogen-bond donors (Lipinski definition) is 6. The zero-order valence-electron chi connectivity index (χ0n) is 62.6. The fourth-order valence-electron chi connectivity index (χ4n) is 14.3. The van der Waals surface area contributed by atoms with Gasteiger partial charge in [-0.05, 0) is 19.3 Å². The van der Waals surface area contributed by atoms with E-state index in [-0.39, 0.29) is 12.5 Å². The number of nitrogens with one attached hydrogen (secondary N) is 1. The van der Waals surface area contributed by atoms with E-state index in [0.29, 0.717) is 6.42 Å². The second-order valence-electron chi connectivity index (χ2n) is 30.0. The van der Waals surface area contributed by atoms with E-state index in [1.807, 2.05) is 6.08 Å². The highest BCUT2D eigenvalue weighted by Gasteiger charge is 2.44. The van der Waals surface area contributed by atoms with Crippen molar-refractivity contribution in [1.29, 1.82) is 0 Å². The number of amides is 1. The van der Waals surface area contributed by atoms with Crippen LogP contribution in [0.2, 0.25) is 0 Å². The largest absolute Gasteiger partial charge is 0.394 e. The molecule has 1 aliphatic rings. The van der Waals surface area contributed by atoms with E-state index in [1.54, 1.807) is 6.08 Å². The summed E-state index contributed by atoms with van der Waals surface area (Å²) in [5.74, 6) is -0.165. The summed E-state index contributed by atoms with van der Waals surface area (Å²) in [6.07, 6.45) is 91.1. The fraction of sp³-hybridized carbons (Fsp3) is 0.964. The minimum absolute atomic E-state index is 0.165. The lowest BCUT2D eigenvalue weighted by Crippen LogP contribution is -2.60. The molecule has 9 heteroatoms. The van der Waals surface area contributed by atoms with E-state index >= 15 is 0 Å². The van der Waals surface area contributed by atoms with Crippen molar-refractivity contribution in [2.45, 2.75) is 506 Å². The van der Waals surface area contributed by atoms with Gasteiger partial charge in [0.05, 0.1) is 25.4 Å². The number of allylic oxidation sites excluding steroid dienone is 1. The number of aliphatic hydroxyl groups is 5. The van der Waals surface area contributed by atoms with Crippen molar-refractivity contribution in [2.24, 2.45) is 0 Å². The van der Waals surface area contributed by atoms with Crippen LogP contribution < -0.4 is 5.32 Å². The molecular formula is C84H165NO8. The number of carbonyl (C=O) groups excluding carboxylic acids is 1. The lowest BCUT2D eigenvalue weighted by atomic mass is 9.99. The summed E-state index contributed by atoms with van der Waals surface area (Å²) < 4.78 is 11.4. The van der Waals surface area contributed by atoms with E-state index in [1.165, 1.54) is 405 Å². The first kappa shape index (κ1) is 89.9. The van der Waals surface area contributed by atoms with Gasteiger partial charge < -0.3 is 40.3 Å². The molecule has 7 unspecified atom stereocenters. The van der Waals surface area contributed by atoms with Crippen molar-refractivity contribution in [1.82, 2.24) is 5.32 Å². The van der Waals surface area contributed by atoms with Gasteiger partial charge in [0.15, 0.2) is 6.29 Å². The molecule has 0 aromatic rings. The monoisotopic (exact) mass is 1320 g/mol. The Balaban J connectivity index is 2.02. The summed E-state index contributed by atoms with van der Waals surface area (Å²) in [6.45, 7) is 3.86. The second-order valence-corrected chi connectivity index (χ2v) is 30.0. The third-order valence-corrected chi connectivity index (χ3v) is 20.9. The Morgan fingerprint density at radius 2 is 0.591 bits per heavy atom. The van der Waals surface area contributed by atoms with E-state index in [2.05, 4.69) is 19.2 Å². The summed E-state index contributed by atoms with van der Waals surface area (Å²) in [5.41, 5.74) is 0. The molecule has 0 aliphatic carbocycles. The summed E-state index contributed by atoms with van der Waals surface area (Å²) in [5, 5.41) is 55.0. The van der Waals surface area contributed by atoms with Gasteiger partial charge in [0, 0.05) is 6.42 Å². The zero-order valence-corrected chi connectivity index (χ0v) is 62.6. The molecule has 7 atom stereocenters. The molecule has 0 spiro atoms. The molecule has 1 fully saturated rings. The van der Waals surface area contributed by atoms with Crippen LogP contribution in [0.1, 0.15) is 463 Å². The number of ether oxygens (including phenoxy) is 2. The van der Waals surface area contributed by atoms with Gasteiger partial charge in [0.25, 0.3) is 0 Å². The standard InChI is InChI=1S/C84H165NO8/c1-3-5-7-9-11-13-15-17-19-21-23-25-27-29-31-33-35-36-37-38-39-40-41-42-44-46-48-50-52-54-56-58-60-62-64-66-68-70-72-74-80(88)85-77(76-92-84-83(91)82(90)81(89)79(75-86)93-84)78(87)73-71-69-67-65-63-61-59-57-55-53-51-49-47-45-43-34-32-30-28-26-24-22-20-18-16-14-12-10-8-6-4-2/h71,73,77-79,81-84,86-87,89-91H,3-70,72,74-76H2,1-2H3,(H,85,88)/b73-71+. The van der Waals surface area contributed by atoms with Gasteiger partial charge in [-0.2, -0.15) is 0 Å². The van der Waals surface area contributed by atoms with Gasteiger partial charge in [0.2, 0.25) is 5.91 Å². The van der Waals surface area contributed by atoms with Gasteiger partial charge in [0.1, 0.15) is 24.4 Å². The van der Waals surface area contributed by atoms with Crippen LogP contribution in [-0.4, -0.2) is 87.5 Å². The van der Waals surface area contributed by atoms with Crippen molar-refractivity contribution in [3.63, 3.8) is 0 Å². The number of hydrogen-bond acceptors (Lipinski definition) is 8. The molecule has 0 bridgehead atoms. The number of carbonyl (C=O) groups is 1. The van der Waals surface area contributed by atoms with Crippen LogP contribution in [0.3, 0.4) is 0 Å². The Morgan fingerprint density at radius 1 is 0.355 bits per heavy atom. The van der Waals surface area contributed by atoms with E-state index in [9.17, 15) is 30.3 Å². The maximum Gasteiger partial charge on any atom is 0.220 e. The summed E-state index contributed by atoms with van der Waals surface area (Å²) in [7, 11) is 0. The smallest absolute Gasteiger partial charge is 0.220 e. The molecule has 1 aliphatic heterocycles. The third kappa shape index (κ3) is 61.7. The Kier molecular flexibility index (Phi) is 71.2. The normalized spacial score (nSPS) is 17.5. The van der Waals surface area contributed by atoms with Crippen molar-refractivity contribution in [3.8, 4) is 0 Å². The Bertz CT molecular complexity index is 1480. The first-order valence-corrected chi connectivity index (χ1v) is 42.4. The van der Waals surface area contributed by atoms with Gasteiger partial charge in [-0.3, -0.25) is 4.79 Å². The topological polar surface area (TPSA) is 149 Å². The summed E-state index contributed by atoms with van der Waals surface area (Å²) in [4.78, 5) is 13.2. The maximum atomic E-state index is 13.2. The third-order valence-electron chi connectivity index (χ3n) is 20.9. The van der Waals surface area contributed by atoms with Crippen LogP contribution in [0.25, 0.3) is 0 Å². The predicted octanol–water partition coefficient (Wildman–Crippen LogP) is 24.6. The Labute approximate surface area is 579 Å². The molecule has 93 heavy (non-hydrogen) atoms. The average molecular weight is 1320 g/mol. The van der Waals surface area contributed by atoms with Crippen LogP contribution in [0, 0.1) is 0 Å². The summed E-state index contributed by atoms with van der Waals surface area (Å²) >= 11 is 0. The molecule has 9 nitrogen and oxygen atoms in total. The molecule has 554 valence electrons. The molecule has 1 saturated heterocycles. The van der Waals surface area contributed by atoms with Crippen molar-refractivity contribution in [3.05, 3.63) is 12.2 Å². The molecule has 1 rings (SSSR count). The van der Waals surface area contributed by atoms with Gasteiger partial charge >= 0.3 is 0 Å². The molecule has 0 aromatic heterocycles. The van der Waals surface area contributed by atoms with E-state index in [0.717, 1.165) is 38.5 Å². The van der Waals surface area contributed by atoms with Crippen molar-refractivity contribution >= 4 is 5.91 Å². The van der Waals surface area contributed by atoms with Gasteiger partial charge in [-0.25, -0.2) is 0 Å². The Morgan fingerprint density at radius 3 is 0.839 bits per heavy atom. The first-order valence-electron chi connectivity index (χ1n) is 42.4. The molecule has 6 N–H and O–H groups in total. The molecular weight excluding hydrogens is 1150 g/mol. The number of unbranched alkanes of at least 4 members (excludes halogenated alkanes) is 67. The van der Waals surface area contributed by atoms with Crippen LogP contribution in [-0.2, 0) is 14.3 Å². The van der Waals surface area contributed by atoms with E-state index < -0.39 is 49.5 Å². The molecule has 0 radical (unpaired) electrons. The Hall–Kier alpha value is -1.07. The van der Waals surface area contributed by atoms with Crippen LogP contribution in [0.15, 0.2) is 12.2 Å². The second kappa shape index (κ2) is 73.6. The minimum Gasteiger partial charge on any atom is -0.394 e. The number of rotatable bonds is 77. The summed E-state index contributed by atoms with van der Waals surface area (Å²) in [6, 6.07) is -0.803. The minimum atomic E-state index is -1.57. The van der Waals surface area contributed by atoms with Crippen molar-refractivity contribution in [2.75, 3.05) is 13.2 Å². The molecule has 0 saturated carbocycles. The molecule has 1 amide bonds. The van der Waals surface area contributed by atoms with Crippen LogP contribution in [0.4, 0.5) is 0 Å². The van der Waals surface area contributed by atoms with Gasteiger partial charge in [-0.1, -0.05) is 450 Å².